The van der Waals surface area contributed by atoms with Gasteiger partial charge in [0.2, 0.25) is 0 Å². The molecule has 1 aromatic heterocycles. The lowest BCUT2D eigenvalue weighted by molar-refractivity contribution is -0.115. The summed E-state index contributed by atoms with van der Waals surface area (Å²) in [5, 5.41) is 0.947. The van der Waals surface area contributed by atoms with E-state index < -0.39 is 21.5 Å². The lowest BCUT2D eigenvalue weighted by atomic mass is 10.2. The van der Waals surface area contributed by atoms with Crippen LogP contribution in [0.5, 0.6) is 0 Å². The SMILES string of the molecule is CCOCCn1c(=NC(=O)CS(=O)(=O)Cc2ccccc2)sc2c(Cl)ccc(Cl)c21. The zero-order valence-corrected chi connectivity index (χ0v) is 19.3. The van der Waals surface area contributed by atoms with Crippen LogP contribution >= 0.6 is 34.5 Å². The summed E-state index contributed by atoms with van der Waals surface area (Å²) in [6.07, 6.45) is 0. The topological polar surface area (TPSA) is 77.7 Å². The molecule has 160 valence electrons. The maximum absolute atomic E-state index is 12.5. The van der Waals surface area contributed by atoms with Crippen LogP contribution in [0.4, 0.5) is 0 Å². The summed E-state index contributed by atoms with van der Waals surface area (Å²) in [6.45, 7) is 3.21. The van der Waals surface area contributed by atoms with Gasteiger partial charge in [-0.15, -0.1) is 0 Å². The van der Waals surface area contributed by atoms with E-state index in [0.717, 1.165) is 0 Å². The highest BCUT2D eigenvalue weighted by Gasteiger charge is 2.19. The second-order valence-corrected chi connectivity index (χ2v) is 10.3. The average molecular weight is 487 g/mol. The Hall–Kier alpha value is -1.71. The Morgan fingerprint density at radius 1 is 1.13 bits per heavy atom. The summed E-state index contributed by atoms with van der Waals surface area (Å²) in [5.74, 6) is -1.64. The fraction of sp³-hybridized carbons (Fsp3) is 0.300. The molecule has 0 unspecified atom stereocenters. The van der Waals surface area contributed by atoms with Crippen LogP contribution in [0.3, 0.4) is 0 Å². The van der Waals surface area contributed by atoms with Crippen molar-refractivity contribution in [3.05, 3.63) is 62.9 Å². The Kier molecular flexibility index (Phi) is 7.70. The highest BCUT2D eigenvalue weighted by molar-refractivity contribution is 7.91. The van der Waals surface area contributed by atoms with Gasteiger partial charge in [-0.1, -0.05) is 64.9 Å². The third kappa shape index (κ3) is 5.70. The lowest BCUT2D eigenvalue weighted by Crippen LogP contribution is -2.23. The predicted molar refractivity (Wildman–Crippen MR) is 121 cm³/mol. The molecule has 0 N–H and O–H groups in total. The zero-order chi connectivity index (χ0) is 21.7. The molecular weight excluding hydrogens is 467 g/mol. The number of halogens is 2. The summed E-state index contributed by atoms with van der Waals surface area (Å²) in [4.78, 5) is 16.9. The first-order chi connectivity index (χ1) is 14.3. The van der Waals surface area contributed by atoms with Gasteiger partial charge in [-0.25, -0.2) is 8.42 Å². The molecule has 0 aliphatic carbocycles. The number of thiazole rings is 1. The molecule has 1 heterocycles. The number of sulfone groups is 1. The van der Waals surface area contributed by atoms with Crippen molar-refractivity contribution in [2.75, 3.05) is 19.0 Å². The molecule has 6 nitrogen and oxygen atoms in total. The number of rotatable bonds is 8. The van der Waals surface area contributed by atoms with E-state index in [1.807, 2.05) is 6.92 Å². The van der Waals surface area contributed by atoms with Gasteiger partial charge in [0.05, 0.1) is 32.6 Å². The minimum Gasteiger partial charge on any atom is -0.380 e. The molecule has 3 rings (SSSR count). The number of nitrogens with zero attached hydrogens (tertiary/aromatic N) is 2. The molecule has 1 amide bonds. The van der Waals surface area contributed by atoms with E-state index in [1.165, 1.54) is 11.3 Å². The molecule has 0 aliphatic heterocycles. The molecule has 10 heteroatoms. The normalized spacial score (nSPS) is 12.6. The summed E-state index contributed by atoms with van der Waals surface area (Å²) < 4.78 is 32.7. The van der Waals surface area contributed by atoms with Gasteiger partial charge in [0.15, 0.2) is 14.6 Å². The Bertz CT molecular complexity index is 1220. The quantitative estimate of drug-likeness (QED) is 0.449. The fourth-order valence-corrected chi connectivity index (χ4v) is 5.84. The largest absolute Gasteiger partial charge is 0.380 e. The summed E-state index contributed by atoms with van der Waals surface area (Å²) >= 11 is 13.8. The minimum atomic E-state index is -3.66. The molecule has 0 bridgehead atoms. The number of carbonyl (C=O) groups is 1. The number of benzene rings is 2. The smallest absolute Gasteiger partial charge is 0.263 e. The third-order valence-corrected chi connectivity index (χ3v) is 7.49. The van der Waals surface area contributed by atoms with Crippen molar-refractivity contribution in [3.63, 3.8) is 0 Å². The van der Waals surface area contributed by atoms with Crippen LogP contribution in [0.2, 0.25) is 10.0 Å². The van der Waals surface area contributed by atoms with E-state index >= 15 is 0 Å². The molecule has 0 saturated heterocycles. The van der Waals surface area contributed by atoms with Crippen LogP contribution < -0.4 is 4.80 Å². The number of hydrogen-bond donors (Lipinski definition) is 0. The van der Waals surface area contributed by atoms with Crippen molar-refractivity contribution in [2.45, 2.75) is 19.2 Å². The second kappa shape index (κ2) is 10.1. The van der Waals surface area contributed by atoms with Crippen LogP contribution in [0, 0.1) is 0 Å². The Labute approximate surface area is 188 Å². The van der Waals surface area contributed by atoms with Gasteiger partial charge in [-0.2, -0.15) is 4.99 Å². The van der Waals surface area contributed by atoms with E-state index in [-0.39, 0.29) is 5.75 Å². The van der Waals surface area contributed by atoms with Gasteiger partial charge < -0.3 is 9.30 Å². The van der Waals surface area contributed by atoms with Crippen molar-refractivity contribution >= 4 is 60.5 Å². The molecule has 0 aliphatic rings. The summed E-state index contributed by atoms with van der Waals surface area (Å²) in [6, 6.07) is 12.1. The number of amides is 1. The minimum absolute atomic E-state index is 0.219. The molecule has 0 fully saturated rings. The first-order valence-electron chi connectivity index (χ1n) is 9.17. The number of aromatic nitrogens is 1. The van der Waals surface area contributed by atoms with Gasteiger partial charge in [0.1, 0.15) is 5.75 Å². The summed E-state index contributed by atoms with van der Waals surface area (Å²) in [7, 11) is -3.66. The van der Waals surface area contributed by atoms with Gasteiger partial charge in [0, 0.05) is 13.2 Å². The van der Waals surface area contributed by atoms with Gasteiger partial charge >= 0.3 is 0 Å². The maximum Gasteiger partial charge on any atom is 0.263 e. The number of ether oxygens (including phenoxy) is 1. The van der Waals surface area contributed by atoms with Crippen molar-refractivity contribution in [1.29, 1.82) is 0 Å². The predicted octanol–water partition coefficient (Wildman–Crippen LogP) is 4.09. The van der Waals surface area contributed by atoms with Crippen LogP contribution in [0.25, 0.3) is 10.2 Å². The van der Waals surface area contributed by atoms with Crippen LogP contribution in [-0.4, -0.2) is 37.9 Å². The van der Waals surface area contributed by atoms with Crippen molar-refractivity contribution in [2.24, 2.45) is 4.99 Å². The Morgan fingerprint density at radius 3 is 2.53 bits per heavy atom. The average Bonchev–Trinajstić information content (AvgIpc) is 3.04. The molecule has 0 atom stereocenters. The standard InChI is InChI=1S/C20H20Cl2N2O4S2/c1-2-28-11-10-24-18-15(21)8-9-16(22)19(18)29-20(24)23-17(25)13-30(26,27)12-14-6-4-3-5-7-14/h3-9H,2,10-13H2,1H3. The van der Waals surface area contributed by atoms with Crippen LogP contribution in [-0.2, 0) is 31.7 Å². The summed E-state index contributed by atoms with van der Waals surface area (Å²) in [5.41, 5.74) is 1.27. The number of carbonyl (C=O) groups excluding carboxylic acids is 1. The Balaban J connectivity index is 1.94. The van der Waals surface area contributed by atoms with Gasteiger partial charge in [-0.3, -0.25) is 4.79 Å². The van der Waals surface area contributed by atoms with Crippen LogP contribution in [0.15, 0.2) is 47.5 Å². The van der Waals surface area contributed by atoms with E-state index in [2.05, 4.69) is 4.99 Å². The van der Waals surface area contributed by atoms with Crippen LogP contribution in [0.1, 0.15) is 12.5 Å². The van der Waals surface area contributed by atoms with E-state index in [4.69, 9.17) is 27.9 Å². The van der Waals surface area contributed by atoms with Gasteiger partial charge in [0.25, 0.3) is 5.91 Å². The molecule has 0 spiro atoms. The van der Waals surface area contributed by atoms with Crippen molar-refractivity contribution in [3.8, 4) is 0 Å². The van der Waals surface area contributed by atoms with Crippen molar-refractivity contribution < 1.29 is 17.9 Å². The fourth-order valence-electron chi connectivity index (χ4n) is 2.91. The molecule has 2 aromatic carbocycles. The molecule has 30 heavy (non-hydrogen) atoms. The molecule has 3 aromatic rings. The third-order valence-electron chi connectivity index (χ3n) is 4.18. The highest BCUT2D eigenvalue weighted by Crippen LogP contribution is 2.31. The highest BCUT2D eigenvalue weighted by atomic mass is 35.5. The lowest BCUT2D eigenvalue weighted by Gasteiger charge is -2.07. The number of hydrogen-bond acceptors (Lipinski definition) is 5. The zero-order valence-electron chi connectivity index (χ0n) is 16.2. The van der Waals surface area contributed by atoms with E-state index in [9.17, 15) is 13.2 Å². The molecule has 0 radical (unpaired) electrons. The number of fused-ring (bicyclic) bond motifs is 1. The Morgan fingerprint density at radius 2 is 1.83 bits per heavy atom. The van der Waals surface area contributed by atoms with Gasteiger partial charge in [-0.05, 0) is 24.6 Å². The first-order valence-corrected chi connectivity index (χ1v) is 12.6. The monoisotopic (exact) mass is 486 g/mol. The second-order valence-electron chi connectivity index (χ2n) is 6.46. The molecular formula is C20H20Cl2N2O4S2. The maximum atomic E-state index is 12.5. The van der Waals surface area contributed by atoms with E-state index in [1.54, 1.807) is 47.0 Å². The van der Waals surface area contributed by atoms with Crippen molar-refractivity contribution in [1.82, 2.24) is 4.57 Å². The first kappa shape index (κ1) is 23.0. The molecule has 0 saturated carbocycles. The van der Waals surface area contributed by atoms with E-state index in [0.29, 0.717) is 50.4 Å².